The second kappa shape index (κ2) is 4.84. The van der Waals surface area contributed by atoms with E-state index in [1.54, 1.807) is 0 Å². The fourth-order valence-electron chi connectivity index (χ4n) is 4.63. The Morgan fingerprint density at radius 1 is 1.22 bits per heavy atom. The molecule has 3 heteroatoms. The van der Waals surface area contributed by atoms with Gasteiger partial charge < -0.3 is 5.11 Å². The average Bonchev–Trinajstić information content (AvgIpc) is 3.00. The van der Waals surface area contributed by atoms with Gasteiger partial charge in [0, 0.05) is 18.6 Å². The molecule has 3 nitrogen and oxygen atoms in total. The molecule has 5 unspecified atom stereocenters. The SMILES string of the molecule is CCC1CCC(C(=O)O)C(N2CC3CCC2C3)C1. The Morgan fingerprint density at radius 2 is 2.06 bits per heavy atom. The standard InChI is InChI=1S/C15H25NO2/c1-2-10-4-6-13(15(17)18)14(8-10)16-9-11-3-5-12(16)7-11/h10-14H,2-9H2,1H3,(H,17,18). The number of aliphatic carboxylic acids is 1. The lowest BCUT2D eigenvalue weighted by Gasteiger charge is -2.43. The van der Waals surface area contributed by atoms with E-state index in [9.17, 15) is 9.90 Å². The van der Waals surface area contributed by atoms with Crippen LogP contribution in [0.2, 0.25) is 0 Å². The van der Waals surface area contributed by atoms with Gasteiger partial charge in [0.15, 0.2) is 0 Å². The van der Waals surface area contributed by atoms with Crippen LogP contribution in [-0.2, 0) is 4.79 Å². The first-order valence-corrected chi connectivity index (χ1v) is 7.67. The quantitative estimate of drug-likeness (QED) is 0.838. The minimum atomic E-state index is -0.558. The maximum Gasteiger partial charge on any atom is 0.308 e. The molecule has 2 saturated carbocycles. The van der Waals surface area contributed by atoms with Crippen molar-refractivity contribution >= 4 is 5.97 Å². The summed E-state index contributed by atoms with van der Waals surface area (Å²) in [5.74, 6) is 0.959. The number of likely N-dealkylation sites (tertiary alicyclic amines) is 1. The zero-order valence-corrected chi connectivity index (χ0v) is 11.3. The molecule has 3 fully saturated rings. The van der Waals surface area contributed by atoms with Crippen molar-refractivity contribution in [3.05, 3.63) is 0 Å². The van der Waals surface area contributed by atoms with Crippen LogP contribution in [0.25, 0.3) is 0 Å². The van der Waals surface area contributed by atoms with Crippen LogP contribution in [0, 0.1) is 17.8 Å². The van der Waals surface area contributed by atoms with Crippen LogP contribution in [0.4, 0.5) is 0 Å². The lowest BCUT2D eigenvalue weighted by molar-refractivity contribution is -0.146. The van der Waals surface area contributed by atoms with E-state index in [0.717, 1.165) is 31.1 Å². The first-order chi connectivity index (χ1) is 8.69. The average molecular weight is 251 g/mol. The Morgan fingerprint density at radius 3 is 2.61 bits per heavy atom. The first kappa shape index (κ1) is 12.5. The third-order valence-corrected chi connectivity index (χ3v) is 5.70. The summed E-state index contributed by atoms with van der Waals surface area (Å²) >= 11 is 0. The van der Waals surface area contributed by atoms with Gasteiger partial charge in [0.1, 0.15) is 0 Å². The topological polar surface area (TPSA) is 40.5 Å². The van der Waals surface area contributed by atoms with Crippen LogP contribution in [0.15, 0.2) is 0 Å². The van der Waals surface area contributed by atoms with Gasteiger partial charge in [-0.3, -0.25) is 9.69 Å². The van der Waals surface area contributed by atoms with Crippen molar-refractivity contribution in [3.63, 3.8) is 0 Å². The molecule has 5 atom stereocenters. The summed E-state index contributed by atoms with van der Waals surface area (Å²) in [5, 5.41) is 9.47. The van der Waals surface area contributed by atoms with E-state index >= 15 is 0 Å². The highest BCUT2D eigenvalue weighted by Gasteiger charge is 2.46. The van der Waals surface area contributed by atoms with E-state index in [0.29, 0.717) is 12.1 Å². The fraction of sp³-hybridized carbons (Fsp3) is 0.933. The monoisotopic (exact) mass is 251 g/mol. The van der Waals surface area contributed by atoms with Gasteiger partial charge in [-0.05, 0) is 50.4 Å². The van der Waals surface area contributed by atoms with Crippen LogP contribution in [0.3, 0.4) is 0 Å². The van der Waals surface area contributed by atoms with Crippen LogP contribution >= 0.6 is 0 Å². The van der Waals surface area contributed by atoms with E-state index in [2.05, 4.69) is 11.8 Å². The number of rotatable bonds is 3. The van der Waals surface area contributed by atoms with Crippen molar-refractivity contribution in [2.45, 2.75) is 64.0 Å². The van der Waals surface area contributed by atoms with Crippen LogP contribution in [0.5, 0.6) is 0 Å². The zero-order chi connectivity index (χ0) is 12.7. The maximum atomic E-state index is 11.5. The van der Waals surface area contributed by atoms with E-state index in [1.807, 2.05) is 0 Å². The molecule has 3 aliphatic rings. The highest BCUT2D eigenvalue weighted by molar-refractivity contribution is 5.71. The summed E-state index contributed by atoms with van der Waals surface area (Å²) in [7, 11) is 0. The summed E-state index contributed by atoms with van der Waals surface area (Å²) in [6, 6.07) is 1.04. The Kier molecular flexibility index (Phi) is 3.35. The molecule has 0 aromatic rings. The molecule has 0 amide bonds. The van der Waals surface area contributed by atoms with E-state index in [4.69, 9.17) is 0 Å². The minimum Gasteiger partial charge on any atom is -0.481 e. The Bertz CT molecular complexity index is 330. The lowest BCUT2D eigenvalue weighted by atomic mass is 9.76. The Hall–Kier alpha value is -0.570. The van der Waals surface area contributed by atoms with Gasteiger partial charge in [-0.1, -0.05) is 13.3 Å². The predicted molar refractivity (Wildman–Crippen MR) is 70.4 cm³/mol. The number of fused-ring (bicyclic) bond motifs is 2. The number of hydrogen-bond acceptors (Lipinski definition) is 2. The molecule has 1 aliphatic heterocycles. The number of carbonyl (C=O) groups is 1. The van der Waals surface area contributed by atoms with Crippen LogP contribution in [-0.4, -0.2) is 34.6 Å². The van der Waals surface area contributed by atoms with E-state index in [1.165, 1.54) is 32.2 Å². The van der Waals surface area contributed by atoms with Gasteiger partial charge in [-0.2, -0.15) is 0 Å². The molecule has 0 aromatic carbocycles. The summed E-state index contributed by atoms with van der Waals surface area (Å²) in [6.07, 6.45) is 8.37. The van der Waals surface area contributed by atoms with Gasteiger partial charge in [-0.15, -0.1) is 0 Å². The number of nitrogens with zero attached hydrogens (tertiary/aromatic N) is 1. The third-order valence-electron chi connectivity index (χ3n) is 5.70. The van der Waals surface area contributed by atoms with Crippen molar-refractivity contribution < 1.29 is 9.90 Å². The molecular formula is C15H25NO2. The molecule has 18 heavy (non-hydrogen) atoms. The van der Waals surface area contributed by atoms with Gasteiger partial charge >= 0.3 is 5.97 Å². The molecule has 1 saturated heterocycles. The van der Waals surface area contributed by atoms with Gasteiger partial charge in [0.05, 0.1) is 5.92 Å². The van der Waals surface area contributed by atoms with Crippen LogP contribution in [0.1, 0.15) is 51.9 Å². The Labute approximate surface area is 110 Å². The van der Waals surface area contributed by atoms with Crippen LogP contribution < -0.4 is 0 Å². The number of hydrogen-bond donors (Lipinski definition) is 1. The molecule has 1 heterocycles. The zero-order valence-electron chi connectivity index (χ0n) is 11.3. The van der Waals surface area contributed by atoms with Crippen molar-refractivity contribution in [1.82, 2.24) is 4.90 Å². The van der Waals surface area contributed by atoms with Crippen molar-refractivity contribution in [2.24, 2.45) is 17.8 Å². The smallest absolute Gasteiger partial charge is 0.308 e. The van der Waals surface area contributed by atoms with Crippen molar-refractivity contribution in [3.8, 4) is 0 Å². The van der Waals surface area contributed by atoms with E-state index in [-0.39, 0.29) is 5.92 Å². The molecule has 102 valence electrons. The molecule has 0 spiro atoms. The molecule has 1 N–H and O–H groups in total. The summed E-state index contributed by atoms with van der Waals surface area (Å²) in [4.78, 5) is 14.1. The molecule has 3 rings (SSSR count). The van der Waals surface area contributed by atoms with Gasteiger partial charge in [0.2, 0.25) is 0 Å². The van der Waals surface area contributed by atoms with Crippen molar-refractivity contribution in [2.75, 3.05) is 6.54 Å². The van der Waals surface area contributed by atoms with Gasteiger partial charge in [-0.25, -0.2) is 0 Å². The first-order valence-electron chi connectivity index (χ1n) is 7.67. The number of carboxylic acids is 1. The third kappa shape index (κ3) is 2.07. The van der Waals surface area contributed by atoms with Crippen molar-refractivity contribution in [1.29, 1.82) is 0 Å². The number of piperidine rings is 1. The minimum absolute atomic E-state index is 0.104. The molecule has 0 radical (unpaired) electrons. The van der Waals surface area contributed by atoms with E-state index < -0.39 is 5.97 Å². The Balaban J connectivity index is 1.75. The molecular weight excluding hydrogens is 226 g/mol. The number of carboxylic acid groups (broad SMARTS) is 1. The van der Waals surface area contributed by atoms with Gasteiger partial charge in [0.25, 0.3) is 0 Å². The molecule has 2 aliphatic carbocycles. The summed E-state index contributed by atoms with van der Waals surface area (Å²) < 4.78 is 0. The normalized spacial score (nSPS) is 44.4. The molecule has 2 bridgehead atoms. The highest BCUT2D eigenvalue weighted by atomic mass is 16.4. The lowest BCUT2D eigenvalue weighted by Crippen LogP contribution is -2.50. The summed E-state index contributed by atoms with van der Waals surface area (Å²) in [5.41, 5.74) is 0. The largest absolute Gasteiger partial charge is 0.481 e. The second-order valence-corrected chi connectivity index (χ2v) is 6.63. The maximum absolute atomic E-state index is 11.5. The molecule has 0 aromatic heterocycles. The highest BCUT2D eigenvalue weighted by Crippen LogP contribution is 2.43. The summed E-state index contributed by atoms with van der Waals surface area (Å²) in [6.45, 7) is 3.43. The predicted octanol–water partition coefficient (Wildman–Crippen LogP) is 2.75. The second-order valence-electron chi connectivity index (χ2n) is 6.63. The fourth-order valence-corrected chi connectivity index (χ4v) is 4.63.